The molecule has 2 aromatic carbocycles. The number of rotatable bonds is 5. The van der Waals surface area contributed by atoms with Crippen LogP contribution in [0.5, 0.6) is 5.75 Å². The Bertz CT molecular complexity index is 864. The minimum atomic E-state index is -4.40. The molecule has 1 heterocycles. The molecule has 3 rings (SSSR count). The van der Waals surface area contributed by atoms with Crippen molar-refractivity contribution in [2.24, 2.45) is 5.92 Å². The molecule has 1 amide bonds. The monoisotopic (exact) mass is 393 g/mol. The number of methoxy groups -OCH3 is 1. The van der Waals surface area contributed by atoms with Gasteiger partial charge in [-0.3, -0.25) is 9.59 Å². The number of hydrogen-bond acceptors (Lipinski definition) is 4. The minimum absolute atomic E-state index is 0.0175. The highest BCUT2D eigenvalue weighted by Gasteiger charge is 2.35. The third-order valence-corrected chi connectivity index (χ3v) is 4.47. The van der Waals surface area contributed by atoms with Crippen LogP contribution in [0, 0.1) is 5.92 Å². The van der Waals surface area contributed by atoms with E-state index in [4.69, 9.17) is 4.74 Å². The van der Waals surface area contributed by atoms with E-state index in [1.807, 2.05) is 0 Å². The molecule has 1 aliphatic heterocycles. The normalized spacial score (nSPS) is 16.9. The highest BCUT2D eigenvalue weighted by atomic mass is 19.4. The average molecular weight is 393 g/mol. The summed E-state index contributed by atoms with van der Waals surface area (Å²) >= 11 is 0. The molecule has 1 saturated heterocycles. The molecular weight excluding hydrogens is 375 g/mol. The summed E-state index contributed by atoms with van der Waals surface area (Å²) in [4.78, 5) is 25.2. The van der Waals surface area contributed by atoms with E-state index in [-0.39, 0.29) is 25.5 Å². The van der Waals surface area contributed by atoms with Gasteiger partial charge < -0.3 is 14.4 Å². The molecule has 5 nitrogen and oxygen atoms in total. The third-order valence-electron chi connectivity index (χ3n) is 4.47. The predicted octanol–water partition coefficient (Wildman–Crippen LogP) is 3.81. The van der Waals surface area contributed by atoms with Crippen LogP contribution in [0.1, 0.15) is 17.5 Å². The molecule has 0 spiro atoms. The predicted molar refractivity (Wildman–Crippen MR) is 94.7 cm³/mol. The minimum Gasteiger partial charge on any atom is -0.489 e. The molecule has 2 aromatic rings. The van der Waals surface area contributed by atoms with Gasteiger partial charge in [-0.2, -0.15) is 13.2 Å². The first-order valence-corrected chi connectivity index (χ1v) is 8.55. The standard InChI is InChI=1S/C20H18F3NO4/c1-27-19(26)14-10-18(25)24(11-14)16-5-7-17(8-6-16)28-12-13-3-2-4-15(9-13)20(21,22)23/h2-9,14H,10-12H2,1H3. The van der Waals surface area contributed by atoms with Crippen molar-refractivity contribution in [3.05, 3.63) is 59.7 Å². The molecule has 0 saturated carbocycles. The van der Waals surface area contributed by atoms with Crippen molar-refractivity contribution >= 4 is 17.6 Å². The van der Waals surface area contributed by atoms with Crippen LogP contribution in [0.15, 0.2) is 48.5 Å². The fraction of sp³-hybridized carbons (Fsp3) is 0.300. The fourth-order valence-electron chi connectivity index (χ4n) is 3.01. The van der Waals surface area contributed by atoms with Gasteiger partial charge in [0.05, 0.1) is 18.6 Å². The first kappa shape index (κ1) is 19.7. The molecule has 1 aliphatic rings. The summed E-state index contributed by atoms with van der Waals surface area (Å²) in [5.41, 5.74) is 0.286. The van der Waals surface area contributed by atoms with E-state index < -0.39 is 23.6 Å². The zero-order chi connectivity index (χ0) is 20.3. The quantitative estimate of drug-likeness (QED) is 0.725. The van der Waals surface area contributed by atoms with Gasteiger partial charge in [0.25, 0.3) is 0 Å². The Morgan fingerprint density at radius 2 is 1.89 bits per heavy atom. The Morgan fingerprint density at radius 3 is 2.54 bits per heavy atom. The number of nitrogens with zero attached hydrogens (tertiary/aromatic N) is 1. The van der Waals surface area contributed by atoms with Gasteiger partial charge in [0.1, 0.15) is 12.4 Å². The van der Waals surface area contributed by atoms with E-state index in [0.717, 1.165) is 12.1 Å². The molecule has 28 heavy (non-hydrogen) atoms. The molecule has 0 radical (unpaired) electrons. The maximum Gasteiger partial charge on any atom is 0.416 e. The highest BCUT2D eigenvalue weighted by Crippen LogP contribution is 2.30. The van der Waals surface area contributed by atoms with Gasteiger partial charge in [-0.1, -0.05) is 12.1 Å². The van der Waals surface area contributed by atoms with Crippen molar-refractivity contribution in [1.82, 2.24) is 0 Å². The maximum atomic E-state index is 12.8. The van der Waals surface area contributed by atoms with Gasteiger partial charge in [0, 0.05) is 18.7 Å². The van der Waals surface area contributed by atoms with Crippen LogP contribution in [0.25, 0.3) is 0 Å². The number of hydrogen-bond donors (Lipinski definition) is 0. The second-order valence-corrected chi connectivity index (χ2v) is 6.41. The maximum absolute atomic E-state index is 12.8. The second-order valence-electron chi connectivity index (χ2n) is 6.41. The molecular formula is C20H18F3NO4. The summed E-state index contributed by atoms with van der Waals surface area (Å²) in [6, 6.07) is 11.5. The first-order chi connectivity index (χ1) is 13.3. The molecule has 1 atom stereocenters. The van der Waals surface area contributed by atoms with Crippen LogP contribution >= 0.6 is 0 Å². The lowest BCUT2D eigenvalue weighted by Crippen LogP contribution is -2.26. The highest BCUT2D eigenvalue weighted by molar-refractivity contribution is 5.99. The molecule has 148 valence electrons. The lowest BCUT2D eigenvalue weighted by molar-refractivity contribution is -0.145. The SMILES string of the molecule is COC(=O)C1CC(=O)N(c2ccc(OCc3cccc(C(F)(F)F)c3)cc2)C1. The largest absolute Gasteiger partial charge is 0.489 e. The van der Waals surface area contributed by atoms with Crippen molar-refractivity contribution in [2.75, 3.05) is 18.6 Å². The lowest BCUT2D eigenvalue weighted by atomic mass is 10.1. The van der Waals surface area contributed by atoms with Crippen molar-refractivity contribution in [2.45, 2.75) is 19.2 Å². The van der Waals surface area contributed by atoms with E-state index in [0.29, 0.717) is 17.0 Å². The Kier molecular flexibility index (Phi) is 5.58. The number of halogens is 3. The molecule has 0 aromatic heterocycles. The second kappa shape index (κ2) is 7.92. The average Bonchev–Trinajstić information content (AvgIpc) is 3.07. The number of benzene rings is 2. The van der Waals surface area contributed by atoms with E-state index in [2.05, 4.69) is 4.74 Å². The lowest BCUT2D eigenvalue weighted by Gasteiger charge is -2.17. The number of esters is 1. The van der Waals surface area contributed by atoms with Crippen LogP contribution in [0.4, 0.5) is 18.9 Å². The fourth-order valence-corrected chi connectivity index (χ4v) is 3.01. The Labute approximate surface area is 159 Å². The number of alkyl halides is 3. The van der Waals surface area contributed by atoms with Gasteiger partial charge in [-0.25, -0.2) is 0 Å². The van der Waals surface area contributed by atoms with E-state index in [9.17, 15) is 22.8 Å². The molecule has 1 unspecified atom stereocenters. The topological polar surface area (TPSA) is 55.8 Å². The van der Waals surface area contributed by atoms with E-state index >= 15 is 0 Å². The van der Waals surface area contributed by atoms with Crippen LogP contribution in [0.3, 0.4) is 0 Å². The van der Waals surface area contributed by atoms with Crippen LogP contribution in [-0.4, -0.2) is 25.5 Å². The summed E-state index contributed by atoms with van der Waals surface area (Å²) in [7, 11) is 1.28. The van der Waals surface area contributed by atoms with E-state index in [1.54, 1.807) is 30.3 Å². The number of anilines is 1. The molecule has 0 bridgehead atoms. The zero-order valence-corrected chi connectivity index (χ0v) is 15.0. The van der Waals surface area contributed by atoms with Crippen LogP contribution < -0.4 is 9.64 Å². The summed E-state index contributed by atoms with van der Waals surface area (Å²) in [5, 5.41) is 0. The summed E-state index contributed by atoms with van der Waals surface area (Å²) in [6.45, 7) is 0.228. The zero-order valence-electron chi connectivity index (χ0n) is 15.0. The van der Waals surface area contributed by atoms with E-state index in [1.165, 1.54) is 18.1 Å². The van der Waals surface area contributed by atoms with Crippen molar-refractivity contribution in [3.8, 4) is 5.75 Å². The number of carbonyl (C=O) groups excluding carboxylic acids is 2. The number of amides is 1. The van der Waals surface area contributed by atoms with Crippen molar-refractivity contribution < 1.29 is 32.2 Å². The Hall–Kier alpha value is -3.03. The van der Waals surface area contributed by atoms with Gasteiger partial charge in [0.2, 0.25) is 5.91 Å². The van der Waals surface area contributed by atoms with Gasteiger partial charge in [-0.15, -0.1) is 0 Å². The van der Waals surface area contributed by atoms with Crippen molar-refractivity contribution in [1.29, 1.82) is 0 Å². The Morgan fingerprint density at radius 1 is 1.18 bits per heavy atom. The van der Waals surface area contributed by atoms with Gasteiger partial charge in [0.15, 0.2) is 0 Å². The summed E-state index contributed by atoms with van der Waals surface area (Å²) in [5.74, 6) is -0.628. The van der Waals surface area contributed by atoms with Crippen molar-refractivity contribution in [3.63, 3.8) is 0 Å². The third kappa shape index (κ3) is 4.44. The summed E-state index contributed by atoms with van der Waals surface area (Å²) in [6.07, 6.45) is -4.30. The molecule has 0 N–H and O–H groups in total. The Balaban J connectivity index is 1.62. The molecule has 8 heteroatoms. The molecule has 1 fully saturated rings. The number of carbonyl (C=O) groups is 2. The molecule has 0 aliphatic carbocycles. The van der Waals surface area contributed by atoms with Crippen LogP contribution in [0.2, 0.25) is 0 Å². The van der Waals surface area contributed by atoms with Gasteiger partial charge >= 0.3 is 12.1 Å². The smallest absolute Gasteiger partial charge is 0.416 e. The number of ether oxygens (including phenoxy) is 2. The van der Waals surface area contributed by atoms with Gasteiger partial charge in [-0.05, 0) is 42.0 Å². The first-order valence-electron chi connectivity index (χ1n) is 8.55. The summed E-state index contributed by atoms with van der Waals surface area (Å²) < 4.78 is 48.5. The van der Waals surface area contributed by atoms with Crippen LogP contribution in [-0.2, 0) is 27.1 Å².